The summed E-state index contributed by atoms with van der Waals surface area (Å²) < 4.78 is 0. The third-order valence-corrected chi connectivity index (χ3v) is 4.51. The Bertz CT molecular complexity index is 977. The average molecular weight is 339 g/mol. The van der Waals surface area contributed by atoms with Crippen molar-refractivity contribution in [2.45, 2.75) is 6.04 Å². The fourth-order valence-corrected chi connectivity index (χ4v) is 3.25. The molecule has 1 atom stereocenters. The topological polar surface area (TPSA) is 37.4 Å². The van der Waals surface area contributed by atoms with Crippen molar-refractivity contribution in [3.63, 3.8) is 0 Å². The summed E-state index contributed by atoms with van der Waals surface area (Å²) in [7, 11) is 0. The van der Waals surface area contributed by atoms with E-state index in [9.17, 15) is 9.59 Å². The predicted molar refractivity (Wildman–Crippen MR) is 103 cm³/mol. The van der Waals surface area contributed by atoms with Crippen molar-refractivity contribution in [1.82, 2.24) is 0 Å². The molecular weight excluding hydrogens is 322 g/mol. The molecule has 1 aliphatic rings. The Balaban J connectivity index is 1.80. The zero-order chi connectivity index (χ0) is 17.9. The van der Waals surface area contributed by atoms with Gasteiger partial charge in [0, 0.05) is 0 Å². The quantitative estimate of drug-likeness (QED) is 0.648. The fourth-order valence-electron chi connectivity index (χ4n) is 3.25. The van der Waals surface area contributed by atoms with Crippen LogP contribution in [0, 0.1) is 0 Å². The van der Waals surface area contributed by atoms with Crippen molar-refractivity contribution >= 4 is 23.5 Å². The summed E-state index contributed by atoms with van der Waals surface area (Å²) in [5, 5.41) is 0. The molecule has 3 nitrogen and oxygen atoms in total. The minimum Gasteiger partial charge on any atom is -0.294 e. The predicted octanol–water partition coefficient (Wildman–Crippen LogP) is 4.67. The number of anilines is 1. The molecule has 26 heavy (non-hydrogen) atoms. The van der Waals surface area contributed by atoms with Crippen molar-refractivity contribution in [2.75, 3.05) is 4.90 Å². The fraction of sp³-hybridized carbons (Fsp3) is 0.0435. The van der Waals surface area contributed by atoms with Crippen LogP contribution in [0.2, 0.25) is 0 Å². The normalized spacial score (nSPS) is 14.7. The van der Waals surface area contributed by atoms with Gasteiger partial charge in [-0.3, -0.25) is 14.5 Å². The van der Waals surface area contributed by atoms with Crippen LogP contribution in [0.25, 0.3) is 6.08 Å². The van der Waals surface area contributed by atoms with E-state index < -0.39 is 11.7 Å². The number of fused-ring (bicyclic) bond motifs is 1. The number of Topliss-reactive ketones (excluding diaryl/α,β-unsaturated/α-hetero) is 1. The van der Waals surface area contributed by atoms with Crippen LogP contribution in [-0.4, -0.2) is 11.7 Å². The van der Waals surface area contributed by atoms with Crippen molar-refractivity contribution < 1.29 is 9.59 Å². The summed E-state index contributed by atoms with van der Waals surface area (Å²) in [6, 6.07) is 26.5. The van der Waals surface area contributed by atoms with Gasteiger partial charge in [-0.05, 0) is 23.3 Å². The van der Waals surface area contributed by atoms with Crippen LogP contribution in [0.1, 0.15) is 27.5 Å². The molecule has 0 aromatic heterocycles. The molecule has 1 amide bonds. The zero-order valence-electron chi connectivity index (χ0n) is 14.1. The van der Waals surface area contributed by atoms with Gasteiger partial charge in [-0.15, -0.1) is 0 Å². The first-order valence-corrected chi connectivity index (χ1v) is 8.51. The lowest BCUT2D eigenvalue weighted by Gasteiger charge is -2.26. The van der Waals surface area contributed by atoms with Gasteiger partial charge in [-0.25, -0.2) is 0 Å². The van der Waals surface area contributed by atoms with Crippen molar-refractivity contribution in [3.05, 3.63) is 108 Å². The molecule has 0 N–H and O–H groups in total. The molecule has 3 heteroatoms. The Morgan fingerprint density at radius 2 is 1.35 bits per heavy atom. The highest BCUT2D eigenvalue weighted by molar-refractivity contribution is 6.52. The van der Waals surface area contributed by atoms with E-state index in [0.717, 1.165) is 11.1 Å². The van der Waals surface area contributed by atoms with E-state index in [4.69, 9.17) is 0 Å². The lowest BCUT2D eigenvalue weighted by atomic mass is 10.0. The second-order valence-corrected chi connectivity index (χ2v) is 6.15. The maximum absolute atomic E-state index is 12.7. The molecule has 1 aliphatic heterocycles. The lowest BCUT2D eigenvalue weighted by molar-refractivity contribution is -0.114. The maximum atomic E-state index is 12.7. The largest absolute Gasteiger partial charge is 0.300 e. The maximum Gasteiger partial charge on any atom is 0.300 e. The molecule has 0 fully saturated rings. The Hall–Kier alpha value is -3.46. The van der Waals surface area contributed by atoms with E-state index in [1.807, 2.05) is 84.9 Å². The Labute approximate surface area is 152 Å². The van der Waals surface area contributed by atoms with Gasteiger partial charge in [0.05, 0.1) is 17.3 Å². The van der Waals surface area contributed by atoms with E-state index >= 15 is 0 Å². The number of carbonyl (C=O) groups excluding carboxylic acids is 2. The number of benzene rings is 3. The number of para-hydroxylation sites is 1. The molecule has 0 bridgehead atoms. The van der Waals surface area contributed by atoms with Gasteiger partial charge in [0.15, 0.2) is 0 Å². The van der Waals surface area contributed by atoms with Crippen LogP contribution in [0.3, 0.4) is 0 Å². The van der Waals surface area contributed by atoms with E-state index in [-0.39, 0.29) is 6.04 Å². The molecule has 0 saturated heterocycles. The Morgan fingerprint density at radius 3 is 2.08 bits per heavy atom. The Morgan fingerprint density at radius 1 is 0.731 bits per heavy atom. The molecule has 3 aromatic rings. The summed E-state index contributed by atoms with van der Waals surface area (Å²) in [5.41, 5.74) is 3.12. The summed E-state index contributed by atoms with van der Waals surface area (Å²) in [4.78, 5) is 26.7. The lowest BCUT2D eigenvalue weighted by Crippen LogP contribution is -2.33. The number of hydrogen-bond donors (Lipinski definition) is 0. The molecule has 0 saturated carbocycles. The first kappa shape index (κ1) is 16.0. The van der Waals surface area contributed by atoms with Crippen LogP contribution in [0.4, 0.5) is 5.69 Å². The molecule has 4 rings (SSSR count). The number of nitrogens with zero attached hydrogens (tertiary/aromatic N) is 1. The first-order valence-electron chi connectivity index (χ1n) is 8.51. The molecule has 0 spiro atoms. The van der Waals surface area contributed by atoms with Gasteiger partial charge in [0.2, 0.25) is 0 Å². The van der Waals surface area contributed by atoms with Gasteiger partial charge in [-0.1, -0.05) is 84.9 Å². The van der Waals surface area contributed by atoms with E-state index in [2.05, 4.69) is 0 Å². The third-order valence-electron chi connectivity index (χ3n) is 4.51. The number of hydrogen-bond acceptors (Lipinski definition) is 2. The minimum atomic E-state index is -0.488. The van der Waals surface area contributed by atoms with Crippen LogP contribution < -0.4 is 4.90 Å². The van der Waals surface area contributed by atoms with Gasteiger partial charge < -0.3 is 0 Å². The van der Waals surface area contributed by atoms with Gasteiger partial charge in [0.1, 0.15) is 0 Å². The number of amides is 1. The first-order chi connectivity index (χ1) is 12.8. The van der Waals surface area contributed by atoms with Crippen molar-refractivity contribution in [1.29, 1.82) is 0 Å². The van der Waals surface area contributed by atoms with E-state index in [0.29, 0.717) is 11.3 Å². The number of carbonyl (C=O) groups is 2. The molecule has 0 aliphatic carbocycles. The highest BCUT2D eigenvalue weighted by atomic mass is 16.2. The van der Waals surface area contributed by atoms with E-state index in [1.165, 1.54) is 0 Å². The second kappa shape index (κ2) is 6.81. The molecule has 1 heterocycles. The third kappa shape index (κ3) is 2.84. The summed E-state index contributed by atoms with van der Waals surface area (Å²) in [5.74, 6) is -0.938. The molecule has 3 aromatic carbocycles. The second-order valence-electron chi connectivity index (χ2n) is 6.15. The number of ketones is 1. The summed E-state index contributed by atoms with van der Waals surface area (Å²) in [6.45, 7) is 0. The van der Waals surface area contributed by atoms with Crippen molar-refractivity contribution in [2.24, 2.45) is 0 Å². The van der Waals surface area contributed by atoms with Crippen LogP contribution in [0.15, 0.2) is 91.0 Å². The van der Waals surface area contributed by atoms with Crippen molar-refractivity contribution in [3.8, 4) is 0 Å². The minimum absolute atomic E-state index is 0.350. The van der Waals surface area contributed by atoms with Gasteiger partial charge in [0.25, 0.3) is 11.7 Å². The highest BCUT2D eigenvalue weighted by Gasteiger charge is 2.39. The molecule has 0 unspecified atom stereocenters. The molecular formula is C23H17NO2. The Kier molecular flexibility index (Phi) is 4.20. The average Bonchev–Trinajstić information content (AvgIpc) is 2.95. The summed E-state index contributed by atoms with van der Waals surface area (Å²) in [6.07, 6.45) is 3.95. The summed E-state index contributed by atoms with van der Waals surface area (Å²) >= 11 is 0. The SMILES string of the molecule is O=C1C(=O)N([C@@H](/C=C/c2ccccc2)c2ccccc2)c2ccccc21. The van der Waals surface area contributed by atoms with Gasteiger partial charge in [-0.2, -0.15) is 0 Å². The number of rotatable bonds is 4. The highest BCUT2D eigenvalue weighted by Crippen LogP contribution is 2.36. The molecule has 0 radical (unpaired) electrons. The molecule has 126 valence electrons. The smallest absolute Gasteiger partial charge is 0.294 e. The zero-order valence-corrected chi connectivity index (χ0v) is 14.1. The van der Waals surface area contributed by atoms with Crippen LogP contribution >= 0.6 is 0 Å². The standard InChI is InChI=1S/C23H17NO2/c25-22-19-13-7-8-14-21(19)24(23(22)26)20(18-11-5-2-6-12-18)16-15-17-9-3-1-4-10-17/h1-16,20H/b16-15+/t20-/m0/s1. The monoisotopic (exact) mass is 339 g/mol. The van der Waals surface area contributed by atoms with Gasteiger partial charge >= 0.3 is 0 Å². The van der Waals surface area contributed by atoms with Crippen LogP contribution in [-0.2, 0) is 4.79 Å². The van der Waals surface area contributed by atoms with E-state index in [1.54, 1.807) is 17.0 Å². The van der Waals surface area contributed by atoms with Crippen LogP contribution in [0.5, 0.6) is 0 Å².